The molecule has 0 fully saturated rings. The van der Waals surface area contributed by atoms with Crippen molar-refractivity contribution in [2.45, 2.75) is 18.4 Å². The van der Waals surface area contributed by atoms with Gasteiger partial charge in [-0.3, -0.25) is 0 Å². The lowest BCUT2D eigenvalue weighted by atomic mass is 9.92. The second-order valence-corrected chi connectivity index (χ2v) is 4.40. The monoisotopic (exact) mass is 233 g/mol. The third-order valence-electron chi connectivity index (χ3n) is 3.41. The van der Waals surface area contributed by atoms with Crippen LogP contribution in [0.1, 0.15) is 23.2 Å². The minimum atomic E-state index is -1.10. The molecule has 0 saturated heterocycles. The molecule has 0 spiro atoms. The van der Waals surface area contributed by atoms with Gasteiger partial charge in [-0.25, -0.2) is 9.07 Å². The molecule has 17 heavy (non-hydrogen) atoms. The molecule has 0 radical (unpaired) electrons. The summed E-state index contributed by atoms with van der Waals surface area (Å²) in [6.07, 6.45) is 2.75. The number of aryl methyl sites for hydroxylation is 2. The standard InChI is InChI=1S/C12H12FN3O/c1-16-11(7-14-15-16)12(17)5-4-8-6-9(13)2-3-10(8)12/h2-3,6-7,17H,4-5H2,1H3. The fourth-order valence-electron chi connectivity index (χ4n) is 2.55. The van der Waals surface area contributed by atoms with Crippen LogP contribution in [-0.4, -0.2) is 20.1 Å². The number of fused-ring (bicyclic) bond motifs is 1. The predicted molar refractivity (Wildman–Crippen MR) is 58.7 cm³/mol. The third-order valence-corrected chi connectivity index (χ3v) is 3.41. The van der Waals surface area contributed by atoms with E-state index in [0.717, 1.165) is 11.1 Å². The van der Waals surface area contributed by atoms with Gasteiger partial charge in [-0.2, -0.15) is 0 Å². The van der Waals surface area contributed by atoms with Gasteiger partial charge in [0, 0.05) is 7.05 Å². The van der Waals surface area contributed by atoms with E-state index in [1.165, 1.54) is 12.1 Å². The van der Waals surface area contributed by atoms with Gasteiger partial charge in [0.2, 0.25) is 0 Å². The van der Waals surface area contributed by atoms with Crippen LogP contribution in [0, 0.1) is 5.82 Å². The molecule has 0 saturated carbocycles. The average molecular weight is 233 g/mol. The molecule has 1 aromatic heterocycles. The molecule has 2 aromatic rings. The Kier molecular flexibility index (Phi) is 2.06. The molecule has 0 bridgehead atoms. The third kappa shape index (κ3) is 1.39. The van der Waals surface area contributed by atoms with Crippen LogP contribution < -0.4 is 0 Å². The Morgan fingerprint density at radius 2 is 2.29 bits per heavy atom. The summed E-state index contributed by atoms with van der Waals surface area (Å²) < 4.78 is 14.7. The van der Waals surface area contributed by atoms with Crippen molar-refractivity contribution >= 4 is 0 Å². The molecule has 1 aliphatic carbocycles. The van der Waals surface area contributed by atoms with Crippen molar-refractivity contribution in [3.05, 3.63) is 47.0 Å². The molecule has 1 N–H and O–H groups in total. The highest BCUT2D eigenvalue weighted by molar-refractivity contribution is 5.42. The van der Waals surface area contributed by atoms with Crippen molar-refractivity contribution in [1.82, 2.24) is 15.0 Å². The molecule has 0 amide bonds. The number of nitrogens with zero attached hydrogens (tertiary/aromatic N) is 3. The first kappa shape index (κ1) is 10.4. The Morgan fingerprint density at radius 1 is 1.47 bits per heavy atom. The van der Waals surface area contributed by atoms with Crippen molar-refractivity contribution < 1.29 is 9.50 Å². The fourth-order valence-corrected chi connectivity index (χ4v) is 2.55. The summed E-state index contributed by atoms with van der Waals surface area (Å²) in [5.41, 5.74) is 1.15. The molecule has 1 aromatic carbocycles. The number of benzene rings is 1. The van der Waals surface area contributed by atoms with Crippen LogP contribution in [0.2, 0.25) is 0 Å². The molecular weight excluding hydrogens is 221 g/mol. The smallest absolute Gasteiger partial charge is 0.133 e. The van der Waals surface area contributed by atoms with Gasteiger partial charge < -0.3 is 5.11 Å². The normalized spacial score (nSPS) is 22.8. The van der Waals surface area contributed by atoms with E-state index in [0.29, 0.717) is 18.5 Å². The van der Waals surface area contributed by atoms with Gasteiger partial charge in [0.05, 0.1) is 11.9 Å². The Labute approximate surface area is 97.7 Å². The van der Waals surface area contributed by atoms with E-state index in [1.807, 2.05) is 0 Å². The Balaban J connectivity index is 2.17. The fraction of sp³-hybridized carbons (Fsp3) is 0.333. The zero-order valence-electron chi connectivity index (χ0n) is 9.39. The zero-order chi connectivity index (χ0) is 12.0. The Morgan fingerprint density at radius 3 is 3.00 bits per heavy atom. The molecule has 4 nitrogen and oxygen atoms in total. The Hall–Kier alpha value is -1.75. The summed E-state index contributed by atoms with van der Waals surface area (Å²) in [6.45, 7) is 0. The van der Waals surface area contributed by atoms with Crippen molar-refractivity contribution in [2.75, 3.05) is 0 Å². The molecule has 3 rings (SSSR count). The number of hydrogen-bond acceptors (Lipinski definition) is 3. The summed E-state index contributed by atoms with van der Waals surface area (Å²) >= 11 is 0. The topological polar surface area (TPSA) is 50.9 Å². The molecule has 1 heterocycles. The summed E-state index contributed by atoms with van der Waals surface area (Å²) in [7, 11) is 1.74. The maximum atomic E-state index is 13.1. The van der Waals surface area contributed by atoms with E-state index in [2.05, 4.69) is 10.3 Å². The van der Waals surface area contributed by atoms with Crippen LogP contribution >= 0.6 is 0 Å². The highest BCUT2D eigenvalue weighted by Crippen LogP contribution is 2.41. The average Bonchev–Trinajstić information content (AvgIpc) is 2.85. The van der Waals surface area contributed by atoms with Gasteiger partial charge in [-0.1, -0.05) is 11.3 Å². The summed E-state index contributed by atoms with van der Waals surface area (Å²) in [6, 6.07) is 4.50. The molecule has 1 unspecified atom stereocenters. The lowest BCUT2D eigenvalue weighted by Gasteiger charge is -2.23. The Bertz CT molecular complexity index is 581. The highest BCUT2D eigenvalue weighted by Gasteiger charge is 2.40. The molecule has 1 aliphatic rings. The molecule has 88 valence electrons. The van der Waals surface area contributed by atoms with Crippen LogP contribution in [0.25, 0.3) is 0 Å². The minimum Gasteiger partial charge on any atom is -0.379 e. The van der Waals surface area contributed by atoms with E-state index in [1.54, 1.807) is 24.0 Å². The largest absolute Gasteiger partial charge is 0.379 e. The number of aliphatic hydroxyl groups is 1. The molecule has 0 aliphatic heterocycles. The predicted octanol–water partition coefficient (Wildman–Crippen LogP) is 1.14. The second kappa shape index (κ2) is 3.37. The first-order valence-electron chi connectivity index (χ1n) is 5.48. The van der Waals surface area contributed by atoms with Gasteiger partial charge in [0.25, 0.3) is 0 Å². The van der Waals surface area contributed by atoms with Crippen molar-refractivity contribution in [1.29, 1.82) is 0 Å². The second-order valence-electron chi connectivity index (χ2n) is 4.40. The van der Waals surface area contributed by atoms with Crippen LogP contribution in [0.15, 0.2) is 24.4 Å². The van der Waals surface area contributed by atoms with Crippen LogP contribution in [0.3, 0.4) is 0 Å². The molecule has 1 atom stereocenters. The quantitative estimate of drug-likeness (QED) is 0.803. The van der Waals surface area contributed by atoms with Gasteiger partial charge in [0.15, 0.2) is 0 Å². The maximum absolute atomic E-state index is 13.1. The van der Waals surface area contributed by atoms with Gasteiger partial charge in [0.1, 0.15) is 11.4 Å². The van der Waals surface area contributed by atoms with E-state index >= 15 is 0 Å². The van der Waals surface area contributed by atoms with Crippen molar-refractivity contribution in [2.24, 2.45) is 7.05 Å². The number of rotatable bonds is 1. The van der Waals surface area contributed by atoms with Gasteiger partial charge in [-0.05, 0) is 36.1 Å². The van der Waals surface area contributed by atoms with Gasteiger partial charge >= 0.3 is 0 Å². The van der Waals surface area contributed by atoms with Crippen molar-refractivity contribution in [3.63, 3.8) is 0 Å². The minimum absolute atomic E-state index is 0.267. The summed E-state index contributed by atoms with van der Waals surface area (Å²) in [5, 5.41) is 18.4. The van der Waals surface area contributed by atoms with E-state index in [4.69, 9.17) is 0 Å². The highest BCUT2D eigenvalue weighted by atomic mass is 19.1. The van der Waals surface area contributed by atoms with Crippen LogP contribution in [0.4, 0.5) is 4.39 Å². The first-order chi connectivity index (χ1) is 8.11. The maximum Gasteiger partial charge on any atom is 0.133 e. The van der Waals surface area contributed by atoms with E-state index < -0.39 is 5.60 Å². The number of halogens is 1. The van der Waals surface area contributed by atoms with Gasteiger partial charge in [-0.15, -0.1) is 5.10 Å². The van der Waals surface area contributed by atoms with E-state index in [-0.39, 0.29) is 5.82 Å². The van der Waals surface area contributed by atoms with Crippen LogP contribution in [-0.2, 0) is 19.1 Å². The van der Waals surface area contributed by atoms with Crippen molar-refractivity contribution in [3.8, 4) is 0 Å². The SMILES string of the molecule is Cn1nncc1C1(O)CCc2cc(F)ccc21. The lowest BCUT2D eigenvalue weighted by molar-refractivity contribution is 0.0740. The summed E-state index contributed by atoms with van der Waals surface area (Å²) in [5.74, 6) is -0.267. The summed E-state index contributed by atoms with van der Waals surface area (Å²) in [4.78, 5) is 0. The number of hydrogen-bond donors (Lipinski definition) is 1. The molecule has 5 heteroatoms. The lowest BCUT2D eigenvalue weighted by Crippen LogP contribution is -2.27. The zero-order valence-corrected chi connectivity index (χ0v) is 9.39. The van der Waals surface area contributed by atoms with Crippen LogP contribution in [0.5, 0.6) is 0 Å². The molecular formula is C12H12FN3O. The number of aromatic nitrogens is 3. The van der Waals surface area contributed by atoms with E-state index in [9.17, 15) is 9.50 Å². The first-order valence-corrected chi connectivity index (χ1v) is 5.48.